The highest BCUT2D eigenvalue weighted by atomic mass is 16.5. The van der Waals surface area contributed by atoms with Crippen molar-refractivity contribution in [3.05, 3.63) is 12.7 Å². The summed E-state index contributed by atoms with van der Waals surface area (Å²) in [5, 5.41) is 8.37. The largest absolute Gasteiger partial charge is 0.462 e. The first-order valence-electron chi connectivity index (χ1n) is 5.40. The first kappa shape index (κ1) is 13.7. The molecule has 0 aromatic rings. The minimum atomic E-state index is -0.356. The molecule has 1 atom stereocenters. The van der Waals surface area contributed by atoms with Crippen LogP contribution in [-0.2, 0) is 9.53 Å². The normalized spacial score (nSPS) is 11.5. The molecule has 0 aromatic carbocycles. The van der Waals surface area contributed by atoms with Gasteiger partial charge in [-0.1, -0.05) is 26.3 Å². The Balaban J connectivity index is 3.59. The summed E-state index contributed by atoms with van der Waals surface area (Å²) in [7, 11) is 0. The molecule has 0 bridgehead atoms. The van der Waals surface area contributed by atoms with Crippen LogP contribution in [-0.4, -0.2) is 12.6 Å². The maximum absolute atomic E-state index is 10.8. The van der Waals surface area contributed by atoms with Gasteiger partial charge in [-0.25, -0.2) is 4.79 Å². The highest BCUT2D eigenvalue weighted by Gasteiger charge is 2.08. The van der Waals surface area contributed by atoms with E-state index < -0.39 is 0 Å². The molecule has 0 saturated carbocycles. The molecule has 0 aromatic heterocycles. The summed E-state index contributed by atoms with van der Waals surface area (Å²) in [5.41, 5.74) is 0. The van der Waals surface area contributed by atoms with E-state index in [1.807, 2.05) is 0 Å². The zero-order valence-electron chi connectivity index (χ0n) is 9.37. The molecule has 0 fully saturated rings. The molecule has 0 rings (SSSR count). The Hall–Kier alpha value is -1.30. The molecule has 1 unspecified atom stereocenters. The second kappa shape index (κ2) is 9.26. The fourth-order valence-electron chi connectivity index (χ4n) is 1.30. The zero-order chi connectivity index (χ0) is 11.5. The fraction of sp³-hybridized carbons (Fsp3) is 0.667. The summed E-state index contributed by atoms with van der Waals surface area (Å²) in [4.78, 5) is 10.8. The van der Waals surface area contributed by atoms with Crippen molar-refractivity contribution in [1.82, 2.24) is 0 Å². The lowest BCUT2D eigenvalue weighted by molar-refractivity contribution is -0.139. The molecule has 0 saturated heterocycles. The van der Waals surface area contributed by atoms with E-state index in [2.05, 4.69) is 19.6 Å². The number of carbonyl (C=O) groups excluding carboxylic acids is 1. The van der Waals surface area contributed by atoms with Crippen molar-refractivity contribution in [3.63, 3.8) is 0 Å². The molecule has 3 heteroatoms. The molecular weight excluding hydrogens is 190 g/mol. The molecule has 15 heavy (non-hydrogen) atoms. The predicted octanol–water partition coefficient (Wildman–Crippen LogP) is 2.83. The molecule has 0 aliphatic carbocycles. The molecule has 0 spiro atoms. The van der Waals surface area contributed by atoms with E-state index in [4.69, 9.17) is 10.00 Å². The lowest BCUT2D eigenvalue weighted by Crippen LogP contribution is -2.12. The monoisotopic (exact) mass is 209 g/mol. The van der Waals surface area contributed by atoms with E-state index >= 15 is 0 Å². The van der Waals surface area contributed by atoms with Crippen LogP contribution >= 0.6 is 0 Å². The quantitative estimate of drug-likeness (QED) is 0.351. The van der Waals surface area contributed by atoms with E-state index in [0.29, 0.717) is 18.9 Å². The van der Waals surface area contributed by atoms with Gasteiger partial charge in [0.15, 0.2) is 0 Å². The maximum Gasteiger partial charge on any atom is 0.330 e. The SMILES string of the molecule is C=CC(=O)OCC(CC)CCCCC#N. The van der Waals surface area contributed by atoms with Crippen LogP contribution in [0.2, 0.25) is 0 Å². The summed E-state index contributed by atoms with van der Waals surface area (Å²) in [5.74, 6) is 0.0538. The van der Waals surface area contributed by atoms with Crippen LogP contribution < -0.4 is 0 Å². The van der Waals surface area contributed by atoms with Crippen molar-refractivity contribution in [2.24, 2.45) is 5.92 Å². The van der Waals surface area contributed by atoms with Gasteiger partial charge in [-0.3, -0.25) is 0 Å². The van der Waals surface area contributed by atoms with E-state index in [-0.39, 0.29) is 5.97 Å². The third-order valence-corrected chi connectivity index (χ3v) is 2.36. The topological polar surface area (TPSA) is 50.1 Å². The van der Waals surface area contributed by atoms with Crippen molar-refractivity contribution in [2.45, 2.75) is 39.0 Å². The van der Waals surface area contributed by atoms with Crippen LogP contribution in [0.4, 0.5) is 0 Å². The van der Waals surface area contributed by atoms with E-state index in [1.165, 1.54) is 6.08 Å². The van der Waals surface area contributed by atoms with Crippen molar-refractivity contribution in [2.75, 3.05) is 6.61 Å². The van der Waals surface area contributed by atoms with Gasteiger partial charge in [0.25, 0.3) is 0 Å². The lowest BCUT2D eigenvalue weighted by Gasteiger charge is -2.13. The molecule has 0 aliphatic heterocycles. The summed E-state index contributed by atoms with van der Waals surface area (Å²) < 4.78 is 4.98. The first-order chi connectivity index (χ1) is 7.24. The van der Waals surface area contributed by atoms with Gasteiger partial charge < -0.3 is 4.74 Å². The number of hydrogen-bond donors (Lipinski definition) is 0. The number of nitrogens with zero attached hydrogens (tertiary/aromatic N) is 1. The van der Waals surface area contributed by atoms with Crippen LogP contribution in [0.5, 0.6) is 0 Å². The van der Waals surface area contributed by atoms with Crippen LogP contribution in [0, 0.1) is 17.2 Å². The zero-order valence-corrected chi connectivity index (χ0v) is 9.37. The van der Waals surface area contributed by atoms with Gasteiger partial charge in [-0.15, -0.1) is 0 Å². The van der Waals surface area contributed by atoms with Gasteiger partial charge in [0.1, 0.15) is 0 Å². The molecular formula is C12H19NO2. The van der Waals surface area contributed by atoms with Crippen molar-refractivity contribution < 1.29 is 9.53 Å². The van der Waals surface area contributed by atoms with Crippen LogP contribution in [0.15, 0.2) is 12.7 Å². The third kappa shape index (κ3) is 7.75. The van der Waals surface area contributed by atoms with E-state index in [0.717, 1.165) is 25.7 Å². The van der Waals surface area contributed by atoms with Crippen LogP contribution in [0.3, 0.4) is 0 Å². The maximum atomic E-state index is 10.8. The molecule has 3 nitrogen and oxygen atoms in total. The molecule has 0 radical (unpaired) electrons. The molecule has 0 N–H and O–H groups in total. The molecule has 0 amide bonds. The minimum Gasteiger partial charge on any atom is -0.462 e. The summed E-state index contributed by atoms with van der Waals surface area (Å²) in [6.45, 7) is 5.89. The standard InChI is InChI=1S/C12H19NO2/c1-3-11(8-6-5-7-9-13)10-15-12(14)4-2/h4,11H,2-3,5-8,10H2,1H3. The third-order valence-electron chi connectivity index (χ3n) is 2.36. The number of carbonyl (C=O) groups is 1. The summed E-state index contributed by atoms with van der Waals surface area (Å²) in [6.07, 6.45) is 5.77. The minimum absolute atomic E-state index is 0.356. The highest BCUT2D eigenvalue weighted by Crippen LogP contribution is 2.13. The van der Waals surface area contributed by atoms with Gasteiger partial charge in [-0.2, -0.15) is 5.26 Å². The van der Waals surface area contributed by atoms with Crippen LogP contribution in [0.25, 0.3) is 0 Å². The van der Waals surface area contributed by atoms with Crippen molar-refractivity contribution >= 4 is 5.97 Å². The Kier molecular flexibility index (Phi) is 8.46. The smallest absolute Gasteiger partial charge is 0.330 e. The number of unbranched alkanes of at least 4 members (excludes halogenated alkanes) is 2. The second-order valence-corrected chi connectivity index (χ2v) is 3.51. The fourth-order valence-corrected chi connectivity index (χ4v) is 1.30. The molecule has 84 valence electrons. The Bertz CT molecular complexity index is 230. The molecule has 0 heterocycles. The number of hydrogen-bond acceptors (Lipinski definition) is 3. The van der Waals surface area contributed by atoms with Crippen LogP contribution in [0.1, 0.15) is 39.0 Å². The van der Waals surface area contributed by atoms with Gasteiger partial charge in [0, 0.05) is 12.5 Å². The number of rotatable bonds is 8. The Morgan fingerprint density at radius 1 is 1.60 bits per heavy atom. The summed E-state index contributed by atoms with van der Waals surface area (Å²) in [6, 6.07) is 2.12. The highest BCUT2D eigenvalue weighted by molar-refractivity contribution is 5.81. The Labute approximate surface area is 91.7 Å². The number of nitriles is 1. The lowest BCUT2D eigenvalue weighted by atomic mass is 10.00. The van der Waals surface area contributed by atoms with Gasteiger partial charge in [0.05, 0.1) is 12.7 Å². The predicted molar refractivity (Wildman–Crippen MR) is 59.0 cm³/mol. The number of esters is 1. The molecule has 0 aliphatic rings. The average molecular weight is 209 g/mol. The van der Waals surface area contributed by atoms with Gasteiger partial charge in [-0.05, 0) is 18.8 Å². The average Bonchev–Trinajstić information content (AvgIpc) is 2.27. The first-order valence-corrected chi connectivity index (χ1v) is 5.40. The summed E-state index contributed by atoms with van der Waals surface area (Å²) >= 11 is 0. The van der Waals surface area contributed by atoms with E-state index in [9.17, 15) is 4.79 Å². The van der Waals surface area contributed by atoms with E-state index in [1.54, 1.807) is 0 Å². The van der Waals surface area contributed by atoms with Gasteiger partial charge in [0.2, 0.25) is 0 Å². The Morgan fingerprint density at radius 3 is 2.87 bits per heavy atom. The van der Waals surface area contributed by atoms with Gasteiger partial charge >= 0.3 is 5.97 Å². The number of ether oxygens (including phenoxy) is 1. The second-order valence-electron chi connectivity index (χ2n) is 3.51. The van der Waals surface area contributed by atoms with Crippen molar-refractivity contribution in [1.29, 1.82) is 5.26 Å². The van der Waals surface area contributed by atoms with Crippen molar-refractivity contribution in [3.8, 4) is 6.07 Å². The Morgan fingerprint density at radius 2 is 2.33 bits per heavy atom.